The highest BCUT2D eigenvalue weighted by Crippen LogP contribution is 2.28. The van der Waals surface area contributed by atoms with E-state index in [0.717, 1.165) is 43.4 Å². The van der Waals surface area contributed by atoms with E-state index in [1.54, 1.807) is 0 Å². The molecule has 0 saturated carbocycles. The number of nitrogens with one attached hydrogen (secondary N) is 1. The van der Waals surface area contributed by atoms with Gasteiger partial charge in [0.1, 0.15) is 0 Å². The first-order chi connectivity index (χ1) is 20.6. The van der Waals surface area contributed by atoms with Crippen molar-refractivity contribution in [3.05, 3.63) is 157 Å². The third kappa shape index (κ3) is 12.1. The molecule has 1 nitrogen and oxygen atoms in total. The van der Waals surface area contributed by atoms with Crippen LogP contribution < -0.4 is 5.32 Å². The summed E-state index contributed by atoms with van der Waals surface area (Å²) in [5.74, 6) is 0. The molecule has 1 heteroatoms. The van der Waals surface area contributed by atoms with Crippen LogP contribution in [0, 0.1) is 0 Å². The van der Waals surface area contributed by atoms with Gasteiger partial charge in [-0.1, -0.05) is 154 Å². The maximum absolute atomic E-state index is 4.18. The van der Waals surface area contributed by atoms with Gasteiger partial charge in [-0.05, 0) is 90.4 Å². The molecule has 0 amide bonds. The molecule has 0 heterocycles. The lowest BCUT2D eigenvalue weighted by Crippen LogP contribution is -2.03. The van der Waals surface area contributed by atoms with E-state index in [1.807, 2.05) is 33.9 Å². The average Bonchev–Trinajstić information content (AvgIpc) is 3.02. The summed E-state index contributed by atoms with van der Waals surface area (Å²) in [5.41, 5.74) is 7.23. The van der Waals surface area contributed by atoms with Crippen LogP contribution in [0.15, 0.2) is 140 Å². The summed E-state index contributed by atoms with van der Waals surface area (Å²) in [7, 11) is 1.95. The quantitative estimate of drug-likeness (QED) is 0.112. The van der Waals surface area contributed by atoms with Gasteiger partial charge in [0.15, 0.2) is 0 Å². The molecule has 0 unspecified atom stereocenters. The molecule has 3 aromatic carbocycles. The Labute approximate surface area is 255 Å². The third-order valence-electron chi connectivity index (χ3n) is 6.58. The van der Waals surface area contributed by atoms with Gasteiger partial charge >= 0.3 is 0 Å². The van der Waals surface area contributed by atoms with Crippen molar-refractivity contribution < 1.29 is 0 Å². The van der Waals surface area contributed by atoms with Crippen molar-refractivity contribution in [2.24, 2.45) is 0 Å². The maximum Gasteiger partial charge on any atom is 0.0134 e. The second kappa shape index (κ2) is 20.6. The van der Waals surface area contributed by atoms with Crippen LogP contribution in [0.2, 0.25) is 0 Å². The summed E-state index contributed by atoms with van der Waals surface area (Å²) in [5, 5.41) is 5.62. The van der Waals surface area contributed by atoms with E-state index in [1.165, 1.54) is 33.0 Å². The largest absolute Gasteiger partial charge is 0.316 e. The number of fused-ring (bicyclic) bond motifs is 1. The Morgan fingerprint density at radius 2 is 1.40 bits per heavy atom. The molecular weight excluding hydrogens is 506 g/mol. The Morgan fingerprint density at radius 1 is 0.738 bits per heavy atom. The van der Waals surface area contributed by atoms with Crippen LogP contribution in [0.1, 0.15) is 56.7 Å². The lowest BCUT2D eigenvalue weighted by Gasteiger charge is -2.09. The smallest absolute Gasteiger partial charge is 0.0134 e. The first-order valence-corrected chi connectivity index (χ1v) is 15.2. The van der Waals surface area contributed by atoms with Gasteiger partial charge in [0.25, 0.3) is 0 Å². The molecule has 0 spiro atoms. The summed E-state index contributed by atoms with van der Waals surface area (Å²) < 4.78 is 0. The molecule has 0 aliphatic carbocycles. The van der Waals surface area contributed by atoms with Crippen molar-refractivity contribution in [1.29, 1.82) is 0 Å². The summed E-state index contributed by atoms with van der Waals surface area (Å²) in [6.45, 7) is 15.1. The fourth-order valence-electron chi connectivity index (χ4n) is 4.39. The molecule has 218 valence electrons. The van der Waals surface area contributed by atoms with E-state index in [4.69, 9.17) is 0 Å². The van der Waals surface area contributed by atoms with Gasteiger partial charge in [0, 0.05) is 6.54 Å². The zero-order valence-electron chi connectivity index (χ0n) is 26.2. The highest BCUT2D eigenvalue weighted by molar-refractivity contribution is 5.88. The molecular formula is C41H49N. The van der Waals surface area contributed by atoms with Crippen molar-refractivity contribution >= 4 is 22.9 Å². The van der Waals surface area contributed by atoms with E-state index in [2.05, 4.69) is 146 Å². The molecule has 0 saturated heterocycles. The topological polar surface area (TPSA) is 12.0 Å². The molecule has 42 heavy (non-hydrogen) atoms. The Kier molecular flexibility index (Phi) is 16.7. The van der Waals surface area contributed by atoms with E-state index < -0.39 is 0 Å². The molecule has 0 radical (unpaired) electrons. The Morgan fingerprint density at radius 3 is 2.14 bits per heavy atom. The van der Waals surface area contributed by atoms with Crippen LogP contribution in [-0.4, -0.2) is 13.6 Å². The van der Waals surface area contributed by atoms with Gasteiger partial charge in [0.2, 0.25) is 0 Å². The minimum atomic E-state index is 0.864. The molecule has 1 N–H and O–H groups in total. The number of benzene rings is 3. The molecule has 0 bridgehead atoms. The van der Waals surface area contributed by atoms with E-state index >= 15 is 0 Å². The normalized spacial score (nSPS) is 12.0. The lowest BCUT2D eigenvalue weighted by atomic mass is 9.96. The van der Waals surface area contributed by atoms with E-state index in [9.17, 15) is 0 Å². The summed E-state index contributed by atoms with van der Waals surface area (Å²) >= 11 is 0. The zero-order valence-corrected chi connectivity index (χ0v) is 26.2. The fraction of sp³-hybridized carbons (Fsp3) is 0.220. The van der Waals surface area contributed by atoms with Crippen LogP contribution in [0.5, 0.6) is 0 Å². The summed E-state index contributed by atoms with van der Waals surface area (Å²) in [6.07, 6.45) is 31.4. The highest BCUT2D eigenvalue weighted by Gasteiger charge is 2.04. The van der Waals surface area contributed by atoms with Gasteiger partial charge in [-0.3, -0.25) is 0 Å². The molecule has 0 aliphatic heterocycles. The number of rotatable bonds is 15. The maximum atomic E-state index is 4.18. The van der Waals surface area contributed by atoms with Crippen LogP contribution >= 0.6 is 0 Å². The first-order valence-electron chi connectivity index (χ1n) is 15.2. The predicted molar refractivity (Wildman–Crippen MR) is 192 cm³/mol. The van der Waals surface area contributed by atoms with Crippen LogP contribution in [0.3, 0.4) is 0 Å². The zero-order chi connectivity index (χ0) is 30.4. The Hall–Kier alpha value is -4.20. The van der Waals surface area contributed by atoms with Crippen molar-refractivity contribution in [2.75, 3.05) is 13.6 Å². The molecule has 0 fully saturated rings. The first kappa shape index (κ1) is 34.0. The molecule has 0 atom stereocenters. The number of allylic oxidation sites excluding steroid dienone is 11. The number of hydrogen-bond acceptors (Lipinski definition) is 1. The van der Waals surface area contributed by atoms with Gasteiger partial charge in [0.05, 0.1) is 0 Å². The molecule has 3 aromatic rings. The summed E-state index contributed by atoms with van der Waals surface area (Å²) in [6, 6.07) is 20.0. The Bertz CT molecular complexity index is 1440. The number of likely N-dealkylation sites (N-methyl/N-ethyl adjacent to an activating group) is 1. The van der Waals surface area contributed by atoms with Crippen LogP contribution in [0.4, 0.5) is 0 Å². The molecule has 0 aliphatic rings. The minimum Gasteiger partial charge on any atom is -0.316 e. The van der Waals surface area contributed by atoms with Crippen molar-refractivity contribution in [3.8, 4) is 11.1 Å². The second-order valence-electron chi connectivity index (χ2n) is 9.76. The standard InChI is InChI=1S/C39H43N.C2H6/c1-5-18-35-30-38(25-24-34(35)6-2)39-27-26-36-29-33(22-23-37(36)31-39)21-16-15-20-32(3)19-14-12-10-8-7-9-11-13-17-28-40-4;1-2/h5-6,9-19,22-27,29-31,40H,2-3,7-8,20-21,28H2,1,4H3;1-2H3/b11-9-,12-10-,16-15-,17-13-,18-5-,19-14-;. The lowest BCUT2D eigenvalue weighted by molar-refractivity contribution is 0.919. The van der Waals surface area contributed by atoms with Crippen molar-refractivity contribution in [3.63, 3.8) is 0 Å². The van der Waals surface area contributed by atoms with E-state index in [0.29, 0.717) is 0 Å². The number of unbranched alkanes of at least 4 members (excludes halogenated alkanes) is 1. The SMILES string of the molecule is C=Cc1ccc(-c2ccc3cc(C/C=C\CC(=C)/C=C\C=C/CC/C=C\C=C/CNC)ccc3c2)cc1/C=C\C.CC. The van der Waals surface area contributed by atoms with E-state index in [-0.39, 0.29) is 0 Å². The van der Waals surface area contributed by atoms with Crippen molar-refractivity contribution in [2.45, 2.75) is 46.5 Å². The average molecular weight is 556 g/mol. The van der Waals surface area contributed by atoms with Crippen molar-refractivity contribution in [1.82, 2.24) is 5.32 Å². The number of hydrogen-bond donors (Lipinski definition) is 1. The van der Waals surface area contributed by atoms with Gasteiger partial charge in [-0.25, -0.2) is 0 Å². The predicted octanol–water partition coefficient (Wildman–Crippen LogP) is 11.5. The van der Waals surface area contributed by atoms with Crippen LogP contribution in [-0.2, 0) is 6.42 Å². The third-order valence-corrected chi connectivity index (χ3v) is 6.58. The van der Waals surface area contributed by atoms with Crippen LogP contribution in [0.25, 0.3) is 34.1 Å². The van der Waals surface area contributed by atoms with Gasteiger partial charge in [-0.2, -0.15) is 0 Å². The summed E-state index contributed by atoms with van der Waals surface area (Å²) in [4.78, 5) is 0. The fourth-order valence-corrected chi connectivity index (χ4v) is 4.39. The Balaban J connectivity index is 0.00000301. The van der Waals surface area contributed by atoms with Gasteiger partial charge < -0.3 is 5.32 Å². The molecule has 0 aromatic heterocycles. The monoisotopic (exact) mass is 555 g/mol. The second-order valence-corrected chi connectivity index (χ2v) is 9.76. The van der Waals surface area contributed by atoms with Gasteiger partial charge in [-0.15, -0.1) is 0 Å². The molecule has 3 rings (SSSR count). The highest BCUT2D eigenvalue weighted by atomic mass is 14.8. The minimum absolute atomic E-state index is 0.864.